The van der Waals surface area contributed by atoms with Crippen LogP contribution >= 0.6 is 0 Å². The van der Waals surface area contributed by atoms with E-state index in [1.54, 1.807) is 12.1 Å². The van der Waals surface area contributed by atoms with Gasteiger partial charge >= 0.3 is 5.97 Å². The van der Waals surface area contributed by atoms with Gasteiger partial charge in [-0.25, -0.2) is 18.2 Å². The summed E-state index contributed by atoms with van der Waals surface area (Å²) < 4.78 is 31.9. The Balaban J connectivity index is 2.53. The molecular formula is C12H12N2O5S. The minimum absolute atomic E-state index is 0.0170. The van der Waals surface area contributed by atoms with Crippen molar-refractivity contribution in [2.75, 3.05) is 4.72 Å². The maximum absolute atomic E-state index is 12.3. The van der Waals surface area contributed by atoms with E-state index in [0.717, 1.165) is 0 Å². The smallest absolute Gasteiger partial charge is 0.340 e. The van der Waals surface area contributed by atoms with Crippen LogP contribution in [0.3, 0.4) is 0 Å². The molecule has 2 aromatic heterocycles. The Hall–Kier alpha value is -2.35. The number of anilines is 1. The number of hydrogen-bond donors (Lipinski definition) is 2. The van der Waals surface area contributed by atoms with Crippen LogP contribution in [0.5, 0.6) is 0 Å². The zero-order chi connectivity index (χ0) is 14.9. The van der Waals surface area contributed by atoms with Crippen LogP contribution in [0, 0.1) is 13.8 Å². The van der Waals surface area contributed by atoms with Crippen molar-refractivity contribution in [2.45, 2.75) is 18.7 Å². The average Bonchev–Trinajstić information content (AvgIpc) is 2.65. The Labute approximate surface area is 115 Å². The van der Waals surface area contributed by atoms with E-state index in [1.807, 2.05) is 0 Å². The number of sulfonamides is 1. The predicted octanol–water partition coefficient (Wildman–Crippen LogP) is 1.79. The first-order valence-corrected chi connectivity index (χ1v) is 7.08. The summed E-state index contributed by atoms with van der Waals surface area (Å²) in [5.41, 5.74) is -0.370. The molecule has 0 saturated heterocycles. The molecule has 2 N–H and O–H groups in total. The van der Waals surface area contributed by atoms with Gasteiger partial charge in [0.05, 0.1) is 0 Å². The van der Waals surface area contributed by atoms with Crippen LogP contribution in [0.4, 0.5) is 5.82 Å². The maximum atomic E-state index is 12.3. The van der Waals surface area contributed by atoms with Gasteiger partial charge in [0.15, 0.2) is 0 Å². The predicted molar refractivity (Wildman–Crippen MR) is 70.2 cm³/mol. The Morgan fingerprint density at radius 3 is 2.55 bits per heavy atom. The van der Waals surface area contributed by atoms with Crippen molar-refractivity contribution in [3.05, 3.63) is 41.5 Å². The number of furan rings is 1. The summed E-state index contributed by atoms with van der Waals surface area (Å²) >= 11 is 0. The van der Waals surface area contributed by atoms with E-state index in [1.165, 1.54) is 26.1 Å². The topological polar surface area (TPSA) is 110 Å². The first kappa shape index (κ1) is 14.1. The number of nitrogens with one attached hydrogen (secondary N) is 1. The van der Waals surface area contributed by atoms with Gasteiger partial charge in [-0.15, -0.1) is 0 Å². The van der Waals surface area contributed by atoms with E-state index >= 15 is 0 Å². The Bertz CT molecular complexity index is 750. The number of aromatic nitrogens is 1. The number of hydrogen-bond acceptors (Lipinski definition) is 5. The lowest BCUT2D eigenvalue weighted by Gasteiger charge is -2.07. The summed E-state index contributed by atoms with van der Waals surface area (Å²) in [6, 6.07) is 4.70. The highest BCUT2D eigenvalue weighted by molar-refractivity contribution is 7.92. The molecule has 0 unspecified atom stereocenters. The third-order valence-corrected chi connectivity index (χ3v) is 4.10. The lowest BCUT2D eigenvalue weighted by molar-refractivity contribution is 0.0691. The zero-order valence-electron chi connectivity index (χ0n) is 10.7. The first-order valence-electron chi connectivity index (χ1n) is 5.60. The molecular weight excluding hydrogens is 284 g/mol. The number of carboxylic acid groups (broad SMARTS) is 1. The minimum Gasteiger partial charge on any atom is -0.478 e. The van der Waals surface area contributed by atoms with E-state index in [9.17, 15) is 13.2 Å². The summed E-state index contributed by atoms with van der Waals surface area (Å²) in [6.45, 7) is 2.79. The standard InChI is InChI=1S/C12H12N2O5S/c1-7-10(12(15)16)11(8(2)19-7)20(17,18)14-9-5-3-4-6-13-9/h3-6H,1-2H3,(H,13,14)(H,15,16). The van der Waals surface area contributed by atoms with Gasteiger partial charge in [-0.05, 0) is 26.0 Å². The van der Waals surface area contributed by atoms with Crippen LogP contribution in [-0.2, 0) is 10.0 Å². The fraction of sp³-hybridized carbons (Fsp3) is 0.167. The molecule has 0 fully saturated rings. The number of rotatable bonds is 4. The third-order valence-electron chi connectivity index (χ3n) is 2.59. The van der Waals surface area contributed by atoms with E-state index in [2.05, 4.69) is 9.71 Å². The molecule has 0 saturated carbocycles. The van der Waals surface area contributed by atoms with Crippen molar-refractivity contribution in [1.82, 2.24) is 4.98 Å². The lowest BCUT2D eigenvalue weighted by Crippen LogP contribution is -2.17. The fourth-order valence-electron chi connectivity index (χ4n) is 1.85. The van der Waals surface area contributed by atoms with Crippen molar-refractivity contribution >= 4 is 21.8 Å². The second kappa shape index (κ2) is 4.97. The molecule has 2 rings (SSSR count). The summed E-state index contributed by atoms with van der Waals surface area (Å²) in [7, 11) is -4.09. The second-order valence-electron chi connectivity index (χ2n) is 4.04. The van der Waals surface area contributed by atoms with Crippen LogP contribution in [0.15, 0.2) is 33.7 Å². The van der Waals surface area contributed by atoms with Gasteiger partial charge in [-0.3, -0.25) is 4.72 Å². The van der Waals surface area contributed by atoms with E-state index < -0.39 is 16.0 Å². The van der Waals surface area contributed by atoms with Crippen LogP contribution in [0.2, 0.25) is 0 Å². The van der Waals surface area contributed by atoms with Crippen LogP contribution in [0.1, 0.15) is 21.9 Å². The molecule has 0 amide bonds. The number of carbonyl (C=O) groups is 1. The molecule has 0 aliphatic heterocycles. The van der Waals surface area contributed by atoms with Gasteiger partial charge in [0, 0.05) is 6.20 Å². The molecule has 0 aliphatic rings. The lowest BCUT2D eigenvalue weighted by atomic mass is 10.2. The molecule has 106 valence electrons. The molecule has 0 aliphatic carbocycles. The highest BCUT2D eigenvalue weighted by atomic mass is 32.2. The summed E-state index contributed by atoms with van der Waals surface area (Å²) in [6.07, 6.45) is 1.42. The number of pyridine rings is 1. The highest BCUT2D eigenvalue weighted by Gasteiger charge is 2.31. The van der Waals surface area contributed by atoms with Crippen LogP contribution in [0.25, 0.3) is 0 Å². The van der Waals surface area contributed by atoms with Crippen molar-refractivity contribution in [3.63, 3.8) is 0 Å². The largest absolute Gasteiger partial charge is 0.478 e. The van der Waals surface area contributed by atoms with Gasteiger partial charge in [-0.1, -0.05) is 6.07 Å². The van der Waals surface area contributed by atoms with Gasteiger partial charge in [0.25, 0.3) is 10.0 Å². The zero-order valence-corrected chi connectivity index (χ0v) is 11.6. The SMILES string of the molecule is Cc1oc(C)c(S(=O)(=O)Nc2ccccn2)c1C(=O)O. The Kier molecular flexibility index (Phi) is 3.49. The molecule has 0 bridgehead atoms. The minimum atomic E-state index is -4.09. The van der Waals surface area contributed by atoms with Gasteiger partial charge in [-0.2, -0.15) is 0 Å². The van der Waals surface area contributed by atoms with Gasteiger partial charge < -0.3 is 9.52 Å². The molecule has 2 heterocycles. The molecule has 0 radical (unpaired) electrons. The second-order valence-corrected chi connectivity index (χ2v) is 5.66. The summed E-state index contributed by atoms with van der Waals surface area (Å²) in [4.78, 5) is 14.6. The molecule has 0 atom stereocenters. The highest BCUT2D eigenvalue weighted by Crippen LogP contribution is 2.27. The quantitative estimate of drug-likeness (QED) is 0.890. The van der Waals surface area contributed by atoms with Crippen LogP contribution < -0.4 is 4.72 Å². The van der Waals surface area contributed by atoms with E-state index in [0.29, 0.717) is 0 Å². The van der Waals surface area contributed by atoms with E-state index in [-0.39, 0.29) is 27.8 Å². The molecule has 20 heavy (non-hydrogen) atoms. The summed E-state index contributed by atoms with van der Waals surface area (Å²) in [5, 5.41) is 9.12. The molecule has 8 heteroatoms. The average molecular weight is 296 g/mol. The number of carboxylic acids is 1. The van der Waals surface area contributed by atoms with Crippen molar-refractivity contribution < 1.29 is 22.7 Å². The molecule has 0 spiro atoms. The Morgan fingerprint density at radius 2 is 2.00 bits per heavy atom. The monoisotopic (exact) mass is 296 g/mol. The number of aryl methyl sites for hydroxylation is 2. The van der Waals surface area contributed by atoms with Crippen molar-refractivity contribution in [3.8, 4) is 0 Å². The number of aromatic carboxylic acids is 1. The van der Waals surface area contributed by atoms with Gasteiger partial charge in [0.1, 0.15) is 27.8 Å². The molecule has 2 aromatic rings. The fourth-order valence-corrected chi connectivity index (χ4v) is 3.26. The van der Waals surface area contributed by atoms with Crippen molar-refractivity contribution in [2.24, 2.45) is 0 Å². The van der Waals surface area contributed by atoms with Crippen molar-refractivity contribution in [1.29, 1.82) is 0 Å². The number of nitrogens with zero attached hydrogens (tertiary/aromatic N) is 1. The molecule has 7 nitrogen and oxygen atoms in total. The summed E-state index contributed by atoms with van der Waals surface area (Å²) in [5.74, 6) is -1.21. The van der Waals surface area contributed by atoms with Crippen LogP contribution in [-0.4, -0.2) is 24.5 Å². The maximum Gasteiger partial charge on any atom is 0.340 e. The third kappa shape index (κ3) is 2.50. The van der Waals surface area contributed by atoms with Gasteiger partial charge in [0.2, 0.25) is 0 Å². The molecule has 0 aromatic carbocycles. The first-order chi connectivity index (χ1) is 9.33. The Morgan fingerprint density at radius 1 is 1.30 bits per heavy atom. The van der Waals surface area contributed by atoms with E-state index in [4.69, 9.17) is 9.52 Å². The normalized spacial score (nSPS) is 11.3.